The second-order valence-electron chi connectivity index (χ2n) is 6.26. The number of fused-ring (bicyclic) bond motifs is 1. The standard InChI is InChI=1S/C21H25NO4/c1-2-3-16-4-7-18(8-5-16)26-15-21(23)22-11-10-17-6-9-19-20(14-17)25-13-12-24-19/h4-9,14H,2-3,10-13,15H2,1H3,(H,22,23). The molecule has 0 aromatic heterocycles. The summed E-state index contributed by atoms with van der Waals surface area (Å²) in [6.07, 6.45) is 2.90. The van der Waals surface area contributed by atoms with Crippen LogP contribution in [0.5, 0.6) is 17.2 Å². The van der Waals surface area contributed by atoms with Crippen molar-refractivity contribution < 1.29 is 19.0 Å². The summed E-state index contributed by atoms with van der Waals surface area (Å²) in [6.45, 7) is 3.89. The van der Waals surface area contributed by atoms with Gasteiger partial charge in [0, 0.05) is 6.54 Å². The molecule has 0 bridgehead atoms. The topological polar surface area (TPSA) is 56.8 Å². The van der Waals surface area contributed by atoms with E-state index in [1.54, 1.807) is 0 Å². The van der Waals surface area contributed by atoms with Gasteiger partial charge in [-0.3, -0.25) is 4.79 Å². The van der Waals surface area contributed by atoms with E-state index < -0.39 is 0 Å². The lowest BCUT2D eigenvalue weighted by Crippen LogP contribution is -2.30. The predicted molar refractivity (Wildman–Crippen MR) is 100 cm³/mol. The quantitative estimate of drug-likeness (QED) is 0.790. The first-order valence-corrected chi connectivity index (χ1v) is 9.11. The van der Waals surface area contributed by atoms with Gasteiger partial charge in [-0.25, -0.2) is 0 Å². The van der Waals surface area contributed by atoms with Crippen molar-refractivity contribution in [2.75, 3.05) is 26.4 Å². The van der Waals surface area contributed by atoms with Crippen molar-refractivity contribution in [2.45, 2.75) is 26.2 Å². The first kappa shape index (κ1) is 18.1. The van der Waals surface area contributed by atoms with Crippen LogP contribution in [0.25, 0.3) is 0 Å². The molecule has 1 aliphatic heterocycles. The van der Waals surface area contributed by atoms with Gasteiger partial charge in [0.15, 0.2) is 18.1 Å². The Bertz CT molecular complexity index is 727. The molecule has 0 spiro atoms. The molecule has 0 unspecified atom stereocenters. The Morgan fingerprint density at radius 2 is 1.73 bits per heavy atom. The van der Waals surface area contributed by atoms with Crippen LogP contribution in [0.3, 0.4) is 0 Å². The number of benzene rings is 2. The van der Waals surface area contributed by atoms with Crippen LogP contribution in [0.1, 0.15) is 24.5 Å². The van der Waals surface area contributed by atoms with Gasteiger partial charge in [0.1, 0.15) is 19.0 Å². The summed E-state index contributed by atoms with van der Waals surface area (Å²) in [5, 5.41) is 2.88. The van der Waals surface area contributed by atoms with Gasteiger partial charge in [-0.1, -0.05) is 31.5 Å². The largest absolute Gasteiger partial charge is 0.486 e. The third-order valence-electron chi connectivity index (χ3n) is 4.17. The Morgan fingerprint density at radius 1 is 1.00 bits per heavy atom. The van der Waals surface area contributed by atoms with Gasteiger partial charge in [0.2, 0.25) is 0 Å². The zero-order chi connectivity index (χ0) is 18.2. The van der Waals surface area contributed by atoms with E-state index in [1.807, 2.05) is 42.5 Å². The number of carbonyl (C=O) groups excluding carboxylic acids is 1. The van der Waals surface area contributed by atoms with E-state index in [1.165, 1.54) is 5.56 Å². The van der Waals surface area contributed by atoms with Crippen LogP contribution in [0, 0.1) is 0 Å². The van der Waals surface area contributed by atoms with Crippen LogP contribution in [0.2, 0.25) is 0 Å². The van der Waals surface area contributed by atoms with Gasteiger partial charge in [-0.15, -0.1) is 0 Å². The van der Waals surface area contributed by atoms with Gasteiger partial charge < -0.3 is 19.5 Å². The summed E-state index contributed by atoms with van der Waals surface area (Å²) in [7, 11) is 0. The smallest absolute Gasteiger partial charge is 0.257 e. The summed E-state index contributed by atoms with van der Waals surface area (Å²) in [5.41, 5.74) is 2.38. The maximum atomic E-state index is 11.9. The number of amides is 1. The van der Waals surface area contributed by atoms with Crippen molar-refractivity contribution >= 4 is 5.91 Å². The molecule has 0 fully saturated rings. The maximum absolute atomic E-state index is 11.9. The van der Waals surface area contributed by atoms with Crippen molar-refractivity contribution in [3.63, 3.8) is 0 Å². The number of aryl methyl sites for hydroxylation is 1. The Morgan fingerprint density at radius 3 is 2.50 bits per heavy atom. The fraction of sp³-hybridized carbons (Fsp3) is 0.381. The van der Waals surface area contributed by atoms with Crippen molar-refractivity contribution in [1.29, 1.82) is 0 Å². The highest BCUT2D eigenvalue weighted by Crippen LogP contribution is 2.30. The molecular weight excluding hydrogens is 330 g/mol. The SMILES string of the molecule is CCCc1ccc(OCC(=O)NCCc2ccc3c(c2)OCCO3)cc1. The van der Waals surface area contributed by atoms with Crippen LogP contribution < -0.4 is 19.5 Å². The van der Waals surface area contributed by atoms with E-state index in [4.69, 9.17) is 14.2 Å². The molecule has 0 radical (unpaired) electrons. The van der Waals surface area contributed by atoms with Gasteiger partial charge in [-0.2, -0.15) is 0 Å². The van der Waals surface area contributed by atoms with Crippen molar-refractivity contribution in [3.05, 3.63) is 53.6 Å². The van der Waals surface area contributed by atoms with Gasteiger partial charge >= 0.3 is 0 Å². The van der Waals surface area contributed by atoms with Crippen molar-refractivity contribution in [3.8, 4) is 17.2 Å². The first-order valence-electron chi connectivity index (χ1n) is 9.11. The fourth-order valence-electron chi connectivity index (χ4n) is 2.83. The molecule has 1 N–H and O–H groups in total. The lowest BCUT2D eigenvalue weighted by molar-refractivity contribution is -0.123. The molecule has 138 valence electrons. The normalized spacial score (nSPS) is 12.5. The average molecular weight is 355 g/mol. The van der Waals surface area contributed by atoms with Crippen molar-refractivity contribution in [1.82, 2.24) is 5.32 Å². The summed E-state index contributed by atoms with van der Waals surface area (Å²) >= 11 is 0. The van der Waals surface area contributed by atoms with E-state index in [-0.39, 0.29) is 12.5 Å². The molecule has 0 aliphatic carbocycles. The molecule has 0 saturated heterocycles. The molecule has 1 heterocycles. The summed E-state index contributed by atoms with van der Waals surface area (Å²) in [4.78, 5) is 11.9. The van der Waals surface area contributed by atoms with E-state index in [0.29, 0.717) is 25.5 Å². The van der Waals surface area contributed by atoms with Crippen LogP contribution >= 0.6 is 0 Å². The number of ether oxygens (including phenoxy) is 3. The highest BCUT2D eigenvalue weighted by atomic mass is 16.6. The summed E-state index contributed by atoms with van der Waals surface area (Å²) in [5.74, 6) is 2.14. The molecule has 5 nitrogen and oxygen atoms in total. The zero-order valence-corrected chi connectivity index (χ0v) is 15.1. The molecule has 0 atom stereocenters. The van der Waals surface area contributed by atoms with Crippen LogP contribution in [-0.4, -0.2) is 32.3 Å². The highest BCUT2D eigenvalue weighted by Gasteiger charge is 2.11. The highest BCUT2D eigenvalue weighted by molar-refractivity contribution is 5.77. The maximum Gasteiger partial charge on any atom is 0.257 e. The van der Waals surface area contributed by atoms with E-state index in [0.717, 1.165) is 36.3 Å². The monoisotopic (exact) mass is 355 g/mol. The molecule has 2 aromatic carbocycles. The van der Waals surface area contributed by atoms with Gasteiger partial charge in [0.25, 0.3) is 5.91 Å². The molecule has 5 heteroatoms. The minimum atomic E-state index is -0.125. The Hall–Kier alpha value is -2.69. The number of hydrogen-bond donors (Lipinski definition) is 1. The van der Waals surface area contributed by atoms with E-state index in [2.05, 4.69) is 12.2 Å². The lowest BCUT2D eigenvalue weighted by atomic mass is 10.1. The van der Waals surface area contributed by atoms with Gasteiger partial charge in [0.05, 0.1) is 0 Å². The Kier molecular flexibility index (Phi) is 6.36. The zero-order valence-electron chi connectivity index (χ0n) is 15.1. The number of rotatable bonds is 8. The third-order valence-corrected chi connectivity index (χ3v) is 4.17. The minimum absolute atomic E-state index is 0.0221. The minimum Gasteiger partial charge on any atom is -0.486 e. The average Bonchev–Trinajstić information content (AvgIpc) is 2.67. The Labute approximate surface area is 154 Å². The summed E-state index contributed by atoms with van der Waals surface area (Å²) in [6, 6.07) is 13.8. The van der Waals surface area contributed by atoms with Crippen LogP contribution in [0.4, 0.5) is 0 Å². The number of carbonyl (C=O) groups is 1. The van der Waals surface area contributed by atoms with E-state index in [9.17, 15) is 4.79 Å². The first-order chi connectivity index (χ1) is 12.7. The molecule has 3 rings (SSSR count). The summed E-state index contributed by atoms with van der Waals surface area (Å²) < 4.78 is 16.6. The molecule has 1 aliphatic rings. The van der Waals surface area contributed by atoms with Crippen molar-refractivity contribution in [2.24, 2.45) is 0 Å². The number of hydrogen-bond acceptors (Lipinski definition) is 4. The molecule has 26 heavy (non-hydrogen) atoms. The lowest BCUT2D eigenvalue weighted by Gasteiger charge is -2.18. The van der Waals surface area contributed by atoms with Crippen LogP contribution in [-0.2, 0) is 17.6 Å². The third kappa shape index (κ3) is 5.15. The Balaban J connectivity index is 1.39. The number of nitrogens with one attached hydrogen (secondary N) is 1. The molecule has 2 aromatic rings. The molecular formula is C21H25NO4. The second-order valence-corrected chi connectivity index (χ2v) is 6.26. The fourth-order valence-corrected chi connectivity index (χ4v) is 2.83. The molecule has 1 amide bonds. The second kappa shape index (κ2) is 9.13. The predicted octanol–water partition coefficient (Wildman–Crippen LogP) is 3.15. The van der Waals surface area contributed by atoms with Crippen LogP contribution in [0.15, 0.2) is 42.5 Å². The molecule has 0 saturated carbocycles. The van der Waals surface area contributed by atoms with E-state index >= 15 is 0 Å². The van der Waals surface area contributed by atoms with Gasteiger partial charge in [-0.05, 0) is 48.2 Å².